The molecular formula is C10H14O4. The summed E-state index contributed by atoms with van der Waals surface area (Å²) in [6.07, 6.45) is 1.99. The molecule has 0 rings (SSSR count). The van der Waals surface area contributed by atoms with E-state index in [1.165, 1.54) is 0 Å². The molecule has 0 bridgehead atoms. The summed E-state index contributed by atoms with van der Waals surface area (Å²) in [5.74, 6) is -1.97. The number of esters is 1. The molecule has 0 aliphatic carbocycles. The number of Topliss-reactive ketones (excluding diaryl/α,β-unsaturated/α-hetero) is 2. The van der Waals surface area contributed by atoms with E-state index in [1.54, 1.807) is 13.0 Å². The van der Waals surface area contributed by atoms with Gasteiger partial charge in [0.2, 0.25) is 5.78 Å². The fourth-order valence-electron chi connectivity index (χ4n) is 0.814. The predicted molar refractivity (Wildman–Crippen MR) is 50.7 cm³/mol. The van der Waals surface area contributed by atoms with Crippen molar-refractivity contribution in [1.82, 2.24) is 0 Å². The Kier molecular flexibility index (Phi) is 6.28. The fraction of sp³-hybridized carbons (Fsp3) is 0.500. The number of ether oxygens (including phenoxy) is 1. The minimum Gasteiger partial charge on any atom is -0.460 e. The van der Waals surface area contributed by atoms with Gasteiger partial charge in [0.1, 0.15) is 5.78 Å². The third-order valence-electron chi connectivity index (χ3n) is 1.49. The topological polar surface area (TPSA) is 60.4 Å². The molecule has 0 aliphatic heterocycles. The van der Waals surface area contributed by atoms with Gasteiger partial charge in [-0.25, -0.2) is 4.79 Å². The maximum atomic E-state index is 11.0. The summed E-state index contributed by atoms with van der Waals surface area (Å²) in [6, 6.07) is 0. The fourth-order valence-corrected chi connectivity index (χ4v) is 0.814. The van der Waals surface area contributed by atoms with Gasteiger partial charge in [-0.1, -0.05) is 6.08 Å². The molecule has 0 aromatic carbocycles. The highest BCUT2D eigenvalue weighted by atomic mass is 16.5. The Balaban J connectivity index is 3.87. The average molecular weight is 198 g/mol. The number of carbonyl (C=O) groups excluding carboxylic acids is 3. The van der Waals surface area contributed by atoms with Crippen LogP contribution in [0.15, 0.2) is 12.7 Å². The third-order valence-corrected chi connectivity index (χ3v) is 1.49. The van der Waals surface area contributed by atoms with Crippen LogP contribution in [0.2, 0.25) is 0 Å². The van der Waals surface area contributed by atoms with Crippen LogP contribution in [0.5, 0.6) is 0 Å². The molecule has 0 heterocycles. The molecule has 78 valence electrons. The Morgan fingerprint density at radius 3 is 2.50 bits per heavy atom. The van der Waals surface area contributed by atoms with Crippen molar-refractivity contribution < 1.29 is 19.1 Å². The second-order valence-electron chi connectivity index (χ2n) is 2.69. The van der Waals surface area contributed by atoms with E-state index in [9.17, 15) is 14.4 Å². The SMILES string of the molecule is C=CCCC(=O)CC(=O)C(=O)OCC. The summed E-state index contributed by atoms with van der Waals surface area (Å²) in [5, 5.41) is 0. The molecule has 0 aromatic heterocycles. The highest BCUT2D eigenvalue weighted by molar-refractivity contribution is 6.37. The van der Waals surface area contributed by atoms with Crippen LogP contribution in [0.1, 0.15) is 26.2 Å². The van der Waals surface area contributed by atoms with Gasteiger partial charge in [-0.15, -0.1) is 6.58 Å². The van der Waals surface area contributed by atoms with Crippen molar-refractivity contribution in [2.24, 2.45) is 0 Å². The Hall–Kier alpha value is -1.45. The van der Waals surface area contributed by atoms with Gasteiger partial charge in [0.15, 0.2) is 0 Å². The lowest BCUT2D eigenvalue weighted by molar-refractivity contribution is -0.154. The molecule has 0 N–H and O–H groups in total. The lowest BCUT2D eigenvalue weighted by Crippen LogP contribution is -2.20. The van der Waals surface area contributed by atoms with E-state index in [2.05, 4.69) is 11.3 Å². The number of hydrogen-bond acceptors (Lipinski definition) is 4. The molecule has 0 spiro atoms. The summed E-state index contributed by atoms with van der Waals surface area (Å²) in [7, 11) is 0. The first-order valence-electron chi connectivity index (χ1n) is 4.44. The van der Waals surface area contributed by atoms with Crippen molar-refractivity contribution in [3.8, 4) is 0 Å². The van der Waals surface area contributed by atoms with Gasteiger partial charge in [0, 0.05) is 6.42 Å². The first kappa shape index (κ1) is 12.6. The maximum Gasteiger partial charge on any atom is 0.375 e. The molecule has 0 amide bonds. The molecule has 0 aromatic rings. The zero-order valence-electron chi connectivity index (χ0n) is 8.25. The quantitative estimate of drug-likeness (QED) is 0.265. The molecule has 0 saturated carbocycles. The standard InChI is InChI=1S/C10H14O4/c1-3-5-6-8(11)7-9(12)10(13)14-4-2/h3H,1,4-7H2,2H3. The summed E-state index contributed by atoms with van der Waals surface area (Å²) in [4.78, 5) is 32.8. The van der Waals surface area contributed by atoms with Crippen molar-refractivity contribution in [3.63, 3.8) is 0 Å². The van der Waals surface area contributed by atoms with Crippen LogP contribution < -0.4 is 0 Å². The van der Waals surface area contributed by atoms with Gasteiger partial charge in [0.05, 0.1) is 13.0 Å². The highest BCUT2D eigenvalue weighted by Gasteiger charge is 2.17. The molecule has 0 unspecified atom stereocenters. The summed E-state index contributed by atoms with van der Waals surface area (Å²) >= 11 is 0. The van der Waals surface area contributed by atoms with Crippen LogP contribution in [0.25, 0.3) is 0 Å². The number of rotatable bonds is 7. The summed E-state index contributed by atoms with van der Waals surface area (Å²) in [6.45, 7) is 5.19. The molecule has 0 fully saturated rings. The largest absolute Gasteiger partial charge is 0.460 e. The maximum absolute atomic E-state index is 11.0. The zero-order chi connectivity index (χ0) is 11.0. The zero-order valence-corrected chi connectivity index (χ0v) is 8.25. The van der Waals surface area contributed by atoms with Crippen LogP contribution in [-0.2, 0) is 19.1 Å². The van der Waals surface area contributed by atoms with Crippen molar-refractivity contribution >= 4 is 17.5 Å². The Bertz CT molecular complexity index is 243. The van der Waals surface area contributed by atoms with Crippen molar-refractivity contribution in [2.45, 2.75) is 26.2 Å². The van der Waals surface area contributed by atoms with Gasteiger partial charge in [-0.05, 0) is 13.3 Å². The number of hydrogen-bond donors (Lipinski definition) is 0. The van der Waals surface area contributed by atoms with E-state index < -0.39 is 11.8 Å². The first-order chi connectivity index (χ1) is 6.61. The van der Waals surface area contributed by atoms with E-state index in [0.29, 0.717) is 6.42 Å². The molecule has 14 heavy (non-hydrogen) atoms. The number of carbonyl (C=O) groups is 3. The van der Waals surface area contributed by atoms with Gasteiger partial charge in [-0.3, -0.25) is 9.59 Å². The van der Waals surface area contributed by atoms with Gasteiger partial charge >= 0.3 is 5.97 Å². The predicted octanol–water partition coefficient (Wildman–Crippen LogP) is 1.04. The second kappa shape index (κ2) is 7.00. The minimum absolute atomic E-state index is 0.144. The van der Waals surface area contributed by atoms with E-state index in [-0.39, 0.29) is 25.2 Å². The number of allylic oxidation sites excluding steroid dienone is 1. The van der Waals surface area contributed by atoms with E-state index in [1.807, 2.05) is 0 Å². The van der Waals surface area contributed by atoms with Gasteiger partial charge < -0.3 is 4.74 Å². The summed E-state index contributed by atoms with van der Waals surface area (Å²) in [5.41, 5.74) is 0. The van der Waals surface area contributed by atoms with E-state index in [0.717, 1.165) is 0 Å². The molecule has 0 radical (unpaired) electrons. The summed E-state index contributed by atoms with van der Waals surface area (Å²) < 4.78 is 4.45. The van der Waals surface area contributed by atoms with Gasteiger partial charge in [0.25, 0.3) is 0 Å². The Morgan fingerprint density at radius 1 is 1.36 bits per heavy atom. The average Bonchev–Trinajstić information content (AvgIpc) is 2.15. The van der Waals surface area contributed by atoms with Crippen LogP contribution in [0.4, 0.5) is 0 Å². The normalized spacial score (nSPS) is 9.21. The van der Waals surface area contributed by atoms with Crippen LogP contribution in [0, 0.1) is 0 Å². The molecule has 0 atom stereocenters. The smallest absolute Gasteiger partial charge is 0.375 e. The van der Waals surface area contributed by atoms with Crippen LogP contribution in [-0.4, -0.2) is 24.1 Å². The Labute approximate surface area is 82.9 Å². The molecule has 0 saturated heterocycles. The van der Waals surface area contributed by atoms with Crippen molar-refractivity contribution in [3.05, 3.63) is 12.7 Å². The lowest BCUT2D eigenvalue weighted by atomic mass is 10.1. The van der Waals surface area contributed by atoms with Crippen LogP contribution in [0.3, 0.4) is 0 Å². The lowest BCUT2D eigenvalue weighted by Gasteiger charge is -1.99. The first-order valence-corrected chi connectivity index (χ1v) is 4.44. The van der Waals surface area contributed by atoms with Crippen molar-refractivity contribution in [1.29, 1.82) is 0 Å². The van der Waals surface area contributed by atoms with Gasteiger partial charge in [-0.2, -0.15) is 0 Å². The second-order valence-corrected chi connectivity index (χ2v) is 2.69. The molecule has 0 aliphatic rings. The molecular weight excluding hydrogens is 184 g/mol. The monoisotopic (exact) mass is 198 g/mol. The molecule has 4 heteroatoms. The Morgan fingerprint density at radius 2 is 2.00 bits per heavy atom. The number of ketones is 2. The highest BCUT2D eigenvalue weighted by Crippen LogP contribution is 1.98. The van der Waals surface area contributed by atoms with Crippen LogP contribution >= 0.6 is 0 Å². The van der Waals surface area contributed by atoms with Crippen molar-refractivity contribution in [2.75, 3.05) is 6.61 Å². The van der Waals surface area contributed by atoms with E-state index in [4.69, 9.17) is 0 Å². The van der Waals surface area contributed by atoms with E-state index >= 15 is 0 Å². The minimum atomic E-state index is -0.931. The molecule has 4 nitrogen and oxygen atoms in total. The third kappa shape index (κ3) is 5.24.